The van der Waals surface area contributed by atoms with Gasteiger partial charge in [0.05, 0.1) is 18.1 Å². The number of nitrogens with zero attached hydrogens (tertiary/aromatic N) is 1. The van der Waals surface area contributed by atoms with Crippen molar-refractivity contribution in [2.75, 3.05) is 6.61 Å². The first-order chi connectivity index (χ1) is 13.8. The number of amides is 1. The quantitative estimate of drug-likeness (QED) is 0.713. The van der Waals surface area contributed by atoms with Crippen LogP contribution in [0.1, 0.15) is 71.4 Å². The molecule has 2 heterocycles. The number of hydrogen-bond donors (Lipinski definition) is 1. The lowest BCUT2D eigenvalue weighted by Gasteiger charge is -2.41. The van der Waals surface area contributed by atoms with Gasteiger partial charge in [0.15, 0.2) is 0 Å². The minimum Gasteiger partial charge on any atom is -0.465 e. The molecule has 0 unspecified atom stereocenters. The summed E-state index contributed by atoms with van der Waals surface area (Å²) in [4.78, 5) is 30.0. The predicted molar refractivity (Wildman–Crippen MR) is 110 cm³/mol. The summed E-state index contributed by atoms with van der Waals surface area (Å²) in [5.74, 6) is -0.150. The van der Waals surface area contributed by atoms with Gasteiger partial charge in [-0.3, -0.25) is 9.78 Å². The molecule has 1 saturated carbocycles. The van der Waals surface area contributed by atoms with Gasteiger partial charge in [0.2, 0.25) is 0 Å². The lowest BCUT2D eigenvalue weighted by atomic mass is 9.70. The maximum Gasteiger partial charge on any atom is 0.408 e. The average Bonchev–Trinajstić information content (AvgIpc) is 3.08. The Labute approximate surface area is 173 Å². The lowest BCUT2D eigenvalue weighted by molar-refractivity contribution is -0.143. The Morgan fingerprint density at radius 3 is 2.55 bits per heavy atom. The van der Waals surface area contributed by atoms with Crippen molar-refractivity contribution in [1.82, 2.24) is 10.3 Å². The Kier molecular flexibility index (Phi) is 6.81. The first kappa shape index (κ1) is 21.6. The van der Waals surface area contributed by atoms with E-state index in [4.69, 9.17) is 9.47 Å². The number of carbonyl (C=O) groups excluding carboxylic acids is 2. The normalized spacial score (nSPS) is 22.6. The monoisotopic (exact) mass is 402 g/mol. The molecule has 1 saturated heterocycles. The van der Waals surface area contributed by atoms with Crippen molar-refractivity contribution in [3.05, 3.63) is 30.1 Å². The molecular weight excluding hydrogens is 368 g/mol. The van der Waals surface area contributed by atoms with Crippen molar-refractivity contribution >= 4 is 12.1 Å². The second-order valence-electron chi connectivity index (χ2n) is 9.50. The van der Waals surface area contributed by atoms with Gasteiger partial charge in [-0.15, -0.1) is 0 Å². The third-order valence-electron chi connectivity index (χ3n) is 5.95. The van der Waals surface area contributed by atoms with Crippen LogP contribution in [0.25, 0.3) is 0 Å². The Bertz CT molecular complexity index is 695. The Morgan fingerprint density at radius 1 is 1.21 bits per heavy atom. The molecular formula is C23H34N2O4. The first-order valence-electron chi connectivity index (χ1n) is 10.9. The van der Waals surface area contributed by atoms with Gasteiger partial charge in [-0.05, 0) is 51.7 Å². The molecule has 1 N–H and O–H groups in total. The summed E-state index contributed by atoms with van der Waals surface area (Å²) in [6.07, 6.45) is 9.01. The number of cyclic esters (lactones) is 1. The second kappa shape index (κ2) is 9.14. The molecule has 3 rings (SSSR count). The van der Waals surface area contributed by atoms with Crippen molar-refractivity contribution in [1.29, 1.82) is 0 Å². The Morgan fingerprint density at radius 2 is 1.97 bits per heavy atom. The first-order valence-corrected chi connectivity index (χ1v) is 10.9. The molecule has 6 heteroatoms. The van der Waals surface area contributed by atoms with Crippen molar-refractivity contribution in [3.63, 3.8) is 0 Å². The molecule has 6 nitrogen and oxygen atoms in total. The van der Waals surface area contributed by atoms with E-state index in [1.54, 1.807) is 6.20 Å². The van der Waals surface area contributed by atoms with Crippen LogP contribution in [0.15, 0.2) is 24.4 Å². The SMILES string of the molecule is CC(C)(C)OC(=O)N[C@](Cc1ccccn1)(CC1CCCCC1)[C@@H]1CCOC1=O. The maximum absolute atomic E-state index is 12.9. The summed E-state index contributed by atoms with van der Waals surface area (Å²) >= 11 is 0. The molecule has 1 aromatic heterocycles. The average molecular weight is 403 g/mol. The van der Waals surface area contributed by atoms with Crippen molar-refractivity contribution in [3.8, 4) is 0 Å². The molecule has 0 aromatic carbocycles. The van der Waals surface area contributed by atoms with Gasteiger partial charge in [0.25, 0.3) is 0 Å². The number of alkyl carbamates (subject to hydrolysis) is 1. The fraction of sp³-hybridized carbons (Fsp3) is 0.696. The molecule has 2 fully saturated rings. The van der Waals surface area contributed by atoms with E-state index >= 15 is 0 Å². The highest BCUT2D eigenvalue weighted by Crippen LogP contribution is 2.39. The third-order valence-corrected chi connectivity index (χ3v) is 5.95. The van der Waals surface area contributed by atoms with Gasteiger partial charge in [-0.2, -0.15) is 0 Å². The highest BCUT2D eigenvalue weighted by molar-refractivity contribution is 5.78. The van der Waals surface area contributed by atoms with Gasteiger partial charge in [0.1, 0.15) is 5.60 Å². The molecule has 0 bridgehead atoms. The standard InChI is InChI=1S/C23H34N2O4/c1-22(2,3)29-21(27)25-23(19-12-14-28-20(19)26,15-17-9-5-4-6-10-17)16-18-11-7-8-13-24-18/h7-8,11,13,17,19H,4-6,9-10,12,14-16H2,1-3H3,(H,25,27)/t19-,23+/m1/s1. The zero-order valence-corrected chi connectivity index (χ0v) is 17.9. The van der Waals surface area contributed by atoms with E-state index in [2.05, 4.69) is 10.3 Å². The summed E-state index contributed by atoms with van der Waals surface area (Å²) in [7, 11) is 0. The predicted octanol–water partition coefficient (Wildman–Crippen LogP) is 4.42. The van der Waals surface area contributed by atoms with E-state index in [0.29, 0.717) is 25.4 Å². The lowest BCUT2D eigenvalue weighted by Crippen LogP contribution is -2.58. The van der Waals surface area contributed by atoms with E-state index in [-0.39, 0.29) is 11.9 Å². The summed E-state index contributed by atoms with van der Waals surface area (Å²) in [5, 5.41) is 3.15. The molecule has 1 aromatic rings. The summed E-state index contributed by atoms with van der Waals surface area (Å²) in [6, 6.07) is 5.76. The van der Waals surface area contributed by atoms with E-state index in [1.165, 1.54) is 19.3 Å². The van der Waals surface area contributed by atoms with Crippen LogP contribution >= 0.6 is 0 Å². The van der Waals surface area contributed by atoms with E-state index < -0.39 is 17.2 Å². The molecule has 2 atom stereocenters. The van der Waals surface area contributed by atoms with Gasteiger partial charge in [-0.1, -0.05) is 38.2 Å². The van der Waals surface area contributed by atoms with Crippen molar-refractivity contribution in [2.24, 2.45) is 11.8 Å². The van der Waals surface area contributed by atoms with Gasteiger partial charge >= 0.3 is 12.1 Å². The number of hydrogen-bond acceptors (Lipinski definition) is 5. The van der Waals surface area contributed by atoms with Crippen LogP contribution in [0.3, 0.4) is 0 Å². The van der Waals surface area contributed by atoms with E-state index in [9.17, 15) is 9.59 Å². The van der Waals surface area contributed by atoms with Gasteiger partial charge < -0.3 is 14.8 Å². The van der Waals surface area contributed by atoms with Crippen molar-refractivity contribution < 1.29 is 19.1 Å². The number of rotatable bonds is 6. The molecule has 1 aliphatic carbocycles. The second-order valence-corrected chi connectivity index (χ2v) is 9.50. The molecule has 0 radical (unpaired) electrons. The molecule has 29 heavy (non-hydrogen) atoms. The van der Waals surface area contributed by atoms with E-state index in [1.807, 2.05) is 39.0 Å². The maximum atomic E-state index is 12.9. The van der Waals surface area contributed by atoms with Gasteiger partial charge in [-0.25, -0.2) is 4.79 Å². The summed E-state index contributed by atoms with van der Waals surface area (Å²) in [5.41, 5.74) is -0.507. The minimum atomic E-state index is -0.758. The number of nitrogens with one attached hydrogen (secondary N) is 1. The molecule has 1 amide bonds. The highest BCUT2D eigenvalue weighted by atomic mass is 16.6. The third kappa shape index (κ3) is 5.94. The van der Waals surface area contributed by atoms with Gasteiger partial charge in [0, 0.05) is 18.3 Å². The summed E-state index contributed by atoms with van der Waals surface area (Å²) < 4.78 is 10.9. The summed E-state index contributed by atoms with van der Waals surface area (Å²) in [6.45, 7) is 5.93. The Balaban J connectivity index is 1.93. The van der Waals surface area contributed by atoms with Crippen LogP contribution < -0.4 is 5.32 Å². The zero-order chi connectivity index (χ0) is 20.9. The van der Waals surface area contributed by atoms with Crippen LogP contribution in [0, 0.1) is 11.8 Å². The minimum absolute atomic E-state index is 0.229. The van der Waals surface area contributed by atoms with E-state index in [0.717, 1.165) is 25.0 Å². The number of ether oxygens (including phenoxy) is 2. The van der Waals surface area contributed by atoms with Crippen LogP contribution in [0.4, 0.5) is 4.79 Å². The fourth-order valence-electron chi connectivity index (χ4n) is 4.76. The smallest absolute Gasteiger partial charge is 0.408 e. The van der Waals surface area contributed by atoms with Crippen LogP contribution in [0.2, 0.25) is 0 Å². The molecule has 0 spiro atoms. The van der Waals surface area contributed by atoms with Crippen LogP contribution in [-0.2, 0) is 20.7 Å². The highest BCUT2D eigenvalue weighted by Gasteiger charge is 2.49. The largest absolute Gasteiger partial charge is 0.465 e. The molecule has 1 aliphatic heterocycles. The number of carbonyl (C=O) groups is 2. The number of aromatic nitrogens is 1. The molecule has 2 aliphatic rings. The topological polar surface area (TPSA) is 77.5 Å². The number of esters is 1. The fourth-order valence-corrected chi connectivity index (χ4v) is 4.76. The number of pyridine rings is 1. The zero-order valence-electron chi connectivity index (χ0n) is 17.9. The van der Waals surface area contributed by atoms with Crippen molar-refractivity contribution in [2.45, 2.75) is 83.3 Å². The van der Waals surface area contributed by atoms with Crippen LogP contribution in [0.5, 0.6) is 0 Å². The molecule has 160 valence electrons. The Hall–Kier alpha value is -2.11. The van der Waals surface area contributed by atoms with Crippen LogP contribution in [-0.4, -0.2) is 34.8 Å².